The number of nitrogens with zero attached hydrogens (tertiary/aromatic N) is 1. The molecule has 0 saturated heterocycles. The standard InChI is InChI=1S/C14H24N2O/c1-16(9-17)8-13(15)14-5-10-2-11(6-14)4-12(3-10)7-14/h9-13H,2-8,15H2,1H3. The lowest BCUT2D eigenvalue weighted by Gasteiger charge is -2.59. The summed E-state index contributed by atoms with van der Waals surface area (Å²) in [6, 6.07) is 0.186. The number of hydrogen-bond acceptors (Lipinski definition) is 2. The fraction of sp³-hybridized carbons (Fsp3) is 0.929. The van der Waals surface area contributed by atoms with Crippen LogP contribution in [0.3, 0.4) is 0 Å². The summed E-state index contributed by atoms with van der Waals surface area (Å²) in [5.41, 5.74) is 6.82. The number of likely N-dealkylation sites (N-methyl/N-ethyl adjacent to an activating group) is 1. The molecule has 0 aliphatic heterocycles. The van der Waals surface area contributed by atoms with Gasteiger partial charge in [-0.2, -0.15) is 0 Å². The highest BCUT2D eigenvalue weighted by Crippen LogP contribution is 2.60. The Morgan fingerprint density at radius 3 is 2.12 bits per heavy atom. The molecular formula is C14H24N2O. The molecule has 0 heterocycles. The van der Waals surface area contributed by atoms with Crippen LogP contribution >= 0.6 is 0 Å². The molecule has 4 aliphatic carbocycles. The van der Waals surface area contributed by atoms with E-state index in [-0.39, 0.29) is 6.04 Å². The predicted octanol–water partition coefficient (Wildman–Crippen LogP) is 1.62. The van der Waals surface area contributed by atoms with Crippen LogP contribution in [0.2, 0.25) is 0 Å². The third kappa shape index (κ3) is 1.88. The largest absolute Gasteiger partial charge is 0.347 e. The molecule has 1 amide bonds. The van der Waals surface area contributed by atoms with Crippen LogP contribution in [-0.2, 0) is 4.79 Å². The number of carbonyl (C=O) groups excluding carboxylic acids is 1. The van der Waals surface area contributed by atoms with Gasteiger partial charge >= 0.3 is 0 Å². The molecule has 0 radical (unpaired) electrons. The van der Waals surface area contributed by atoms with Crippen LogP contribution < -0.4 is 5.73 Å². The second-order valence-corrected chi connectivity index (χ2v) is 6.93. The maximum absolute atomic E-state index is 10.7. The lowest BCUT2D eigenvalue weighted by Crippen LogP contribution is -2.57. The molecule has 4 fully saturated rings. The fourth-order valence-corrected chi connectivity index (χ4v) is 5.18. The Morgan fingerprint density at radius 2 is 1.71 bits per heavy atom. The smallest absolute Gasteiger partial charge is 0.209 e. The molecule has 2 N–H and O–H groups in total. The molecule has 0 aromatic carbocycles. The topological polar surface area (TPSA) is 46.3 Å². The Balaban J connectivity index is 1.75. The molecule has 0 aromatic heterocycles. The molecule has 1 atom stereocenters. The van der Waals surface area contributed by atoms with E-state index in [0.29, 0.717) is 5.41 Å². The third-order valence-corrected chi connectivity index (χ3v) is 5.54. The predicted molar refractivity (Wildman–Crippen MR) is 67.3 cm³/mol. The van der Waals surface area contributed by atoms with Gasteiger partial charge in [0.15, 0.2) is 0 Å². The van der Waals surface area contributed by atoms with Gasteiger partial charge in [-0.3, -0.25) is 4.79 Å². The molecular weight excluding hydrogens is 212 g/mol. The molecule has 4 saturated carbocycles. The van der Waals surface area contributed by atoms with Gasteiger partial charge in [0.25, 0.3) is 0 Å². The Kier molecular flexibility index (Phi) is 2.69. The summed E-state index contributed by atoms with van der Waals surface area (Å²) < 4.78 is 0. The first kappa shape index (κ1) is 11.5. The van der Waals surface area contributed by atoms with Crippen molar-refractivity contribution in [1.82, 2.24) is 4.90 Å². The van der Waals surface area contributed by atoms with Crippen molar-refractivity contribution in [2.45, 2.75) is 44.6 Å². The summed E-state index contributed by atoms with van der Waals surface area (Å²) in [7, 11) is 1.84. The van der Waals surface area contributed by atoms with Gasteiger partial charge in [0, 0.05) is 19.6 Å². The van der Waals surface area contributed by atoms with E-state index in [1.165, 1.54) is 38.5 Å². The number of rotatable bonds is 4. The molecule has 17 heavy (non-hydrogen) atoms. The van der Waals surface area contributed by atoms with E-state index in [0.717, 1.165) is 30.7 Å². The van der Waals surface area contributed by atoms with E-state index in [1.807, 2.05) is 7.05 Å². The van der Waals surface area contributed by atoms with Crippen molar-refractivity contribution in [3.05, 3.63) is 0 Å². The van der Waals surface area contributed by atoms with E-state index in [1.54, 1.807) is 4.90 Å². The van der Waals surface area contributed by atoms with Crippen LogP contribution in [0, 0.1) is 23.2 Å². The summed E-state index contributed by atoms with van der Waals surface area (Å²) in [5, 5.41) is 0. The van der Waals surface area contributed by atoms with E-state index < -0.39 is 0 Å². The van der Waals surface area contributed by atoms with Crippen molar-refractivity contribution in [2.75, 3.05) is 13.6 Å². The Morgan fingerprint density at radius 1 is 1.24 bits per heavy atom. The summed E-state index contributed by atoms with van der Waals surface area (Å²) in [4.78, 5) is 12.4. The lowest BCUT2D eigenvalue weighted by molar-refractivity contribution is -0.118. The molecule has 3 heteroatoms. The zero-order valence-electron chi connectivity index (χ0n) is 10.8. The van der Waals surface area contributed by atoms with Crippen LogP contribution in [0.25, 0.3) is 0 Å². The lowest BCUT2D eigenvalue weighted by atomic mass is 9.48. The normalized spacial score (nSPS) is 44.7. The molecule has 0 spiro atoms. The van der Waals surface area contributed by atoms with Crippen LogP contribution in [-0.4, -0.2) is 30.9 Å². The van der Waals surface area contributed by atoms with Crippen molar-refractivity contribution in [3.63, 3.8) is 0 Å². The molecule has 3 nitrogen and oxygen atoms in total. The number of amides is 1. The minimum Gasteiger partial charge on any atom is -0.347 e. The van der Waals surface area contributed by atoms with Gasteiger partial charge in [0.2, 0.25) is 6.41 Å². The van der Waals surface area contributed by atoms with E-state index in [4.69, 9.17) is 5.73 Å². The highest BCUT2D eigenvalue weighted by molar-refractivity contribution is 5.46. The van der Waals surface area contributed by atoms with Crippen molar-refractivity contribution in [1.29, 1.82) is 0 Å². The monoisotopic (exact) mass is 236 g/mol. The summed E-state index contributed by atoms with van der Waals surface area (Å²) in [6.45, 7) is 0.732. The Bertz CT molecular complexity index is 280. The van der Waals surface area contributed by atoms with Crippen molar-refractivity contribution < 1.29 is 4.79 Å². The average molecular weight is 236 g/mol. The van der Waals surface area contributed by atoms with Crippen LogP contribution in [0.5, 0.6) is 0 Å². The molecule has 0 aromatic rings. The van der Waals surface area contributed by atoms with Crippen LogP contribution in [0.15, 0.2) is 0 Å². The third-order valence-electron chi connectivity index (χ3n) is 5.54. The van der Waals surface area contributed by atoms with Gasteiger partial charge in [-0.15, -0.1) is 0 Å². The second kappa shape index (κ2) is 3.98. The zero-order chi connectivity index (χ0) is 12.0. The molecule has 4 bridgehead atoms. The molecule has 96 valence electrons. The minimum atomic E-state index is 0.186. The van der Waals surface area contributed by atoms with Gasteiger partial charge in [0.05, 0.1) is 0 Å². The highest BCUT2D eigenvalue weighted by atomic mass is 16.1. The minimum absolute atomic E-state index is 0.186. The maximum atomic E-state index is 10.7. The summed E-state index contributed by atoms with van der Waals surface area (Å²) >= 11 is 0. The molecule has 4 aliphatic rings. The number of nitrogens with two attached hydrogens (primary N) is 1. The van der Waals surface area contributed by atoms with Gasteiger partial charge in [0.1, 0.15) is 0 Å². The first-order chi connectivity index (χ1) is 8.11. The van der Waals surface area contributed by atoms with Gasteiger partial charge in [-0.05, 0) is 61.7 Å². The number of carbonyl (C=O) groups is 1. The maximum Gasteiger partial charge on any atom is 0.209 e. The fourth-order valence-electron chi connectivity index (χ4n) is 5.18. The van der Waals surface area contributed by atoms with E-state index in [9.17, 15) is 4.79 Å². The quantitative estimate of drug-likeness (QED) is 0.754. The van der Waals surface area contributed by atoms with Crippen molar-refractivity contribution >= 4 is 6.41 Å². The number of hydrogen-bond donors (Lipinski definition) is 1. The van der Waals surface area contributed by atoms with Crippen molar-refractivity contribution in [2.24, 2.45) is 28.9 Å². The second-order valence-electron chi connectivity index (χ2n) is 6.93. The van der Waals surface area contributed by atoms with E-state index >= 15 is 0 Å². The Labute approximate surface area is 104 Å². The molecule has 1 unspecified atom stereocenters. The zero-order valence-corrected chi connectivity index (χ0v) is 10.8. The summed E-state index contributed by atoms with van der Waals surface area (Å²) in [6.07, 6.45) is 9.24. The Hall–Kier alpha value is -0.570. The van der Waals surface area contributed by atoms with Gasteiger partial charge in [-0.1, -0.05) is 0 Å². The molecule has 4 rings (SSSR count). The first-order valence-electron chi connectivity index (χ1n) is 7.02. The summed E-state index contributed by atoms with van der Waals surface area (Å²) in [5.74, 6) is 2.82. The average Bonchev–Trinajstić information content (AvgIpc) is 2.26. The first-order valence-corrected chi connectivity index (χ1v) is 7.02. The highest BCUT2D eigenvalue weighted by Gasteiger charge is 2.53. The van der Waals surface area contributed by atoms with Gasteiger partial charge in [-0.25, -0.2) is 0 Å². The van der Waals surface area contributed by atoms with Crippen LogP contribution in [0.1, 0.15) is 38.5 Å². The van der Waals surface area contributed by atoms with Crippen LogP contribution in [0.4, 0.5) is 0 Å². The SMILES string of the molecule is CN(C=O)CC(N)C12CC3CC(CC(C3)C1)C2. The van der Waals surface area contributed by atoms with E-state index in [2.05, 4.69) is 0 Å². The van der Waals surface area contributed by atoms with Crippen molar-refractivity contribution in [3.8, 4) is 0 Å². The van der Waals surface area contributed by atoms with Gasteiger partial charge < -0.3 is 10.6 Å².